The average molecular weight is 404 g/mol. The molecule has 0 aliphatic heterocycles. The minimum absolute atomic E-state index is 0.133. The van der Waals surface area contributed by atoms with Crippen LogP contribution in [0.2, 0.25) is 0 Å². The Morgan fingerprint density at radius 2 is 1.25 bits per heavy atom. The summed E-state index contributed by atoms with van der Waals surface area (Å²) in [4.78, 5) is 23.7. The zero-order valence-electron chi connectivity index (χ0n) is 14.1. The Morgan fingerprint density at radius 3 is 1.64 bits per heavy atom. The quantitative estimate of drug-likeness (QED) is 0.749. The van der Waals surface area contributed by atoms with Crippen LogP contribution in [0.3, 0.4) is 0 Å². The predicted molar refractivity (Wildman–Crippen MR) is 87.0 cm³/mol. The van der Waals surface area contributed by atoms with Gasteiger partial charge in [-0.05, 0) is 42.0 Å². The summed E-state index contributed by atoms with van der Waals surface area (Å²) < 4.78 is 75.4. The van der Waals surface area contributed by atoms with Gasteiger partial charge in [0.1, 0.15) is 6.04 Å². The molecular formula is C18H14F6N2O2. The molecule has 150 valence electrons. The van der Waals surface area contributed by atoms with Crippen molar-refractivity contribution in [2.45, 2.75) is 24.8 Å². The van der Waals surface area contributed by atoms with Gasteiger partial charge in [-0.15, -0.1) is 0 Å². The van der Waals surface area contributed by atoms with Crippen molar-refractivity contribution in [2.24, 2.45) is 5.73 Å². The summed E-state index contributed by atoms with van der Waals surface area (Å²) in [7, 11) is 0. The van der Waals surface area contributed by atoms with E-state index in [0.29, 0.717) is 17.7 Å². The molecule has 0 aromatic heterocycles. The third-order valence-electron chi connectivity index (χ3n) is 3.84. The zero-order chi connectivity index (χ0) is 21.1. The van der Waals surface area contributed by atoms with E-state index in [-0.39, 0.29) is 12.0 Å². The third-order valence-corrected chi connectivity index (χ3v) is 3.84. The minimum atomic E-state index is -4.56. The summed E-state index contributed by atoms with van der Waals surface area (Å²) in [6.07, 6.45) is -9.26. The van der Waals surface area contributed by atoms with E-state index in [2.05, 4.69) is 5.32 Å². The van der Waals surface area contributed by atoms with Crippen molar-refractivity contribution in [1.82, 2.24) is 5.32 Å². The van der Waals surface area contributed by atoms with Crippen molar-refractivity contribution in [1.29, 1.82) is 0 Å². The van der Waals surface area contributed by atoms with Crippen LogP contribution in [0.1, 0.15) is 27.0 Å². The number of nitrogens with one attached hydrogen (secondary N) is 1. The van der Waals surface area contributed by atoms with Crippen LogP contribution in [-0.2, 0) is 23.6 Å². The summed E-state index contributed by atoms with van der Waals surface area (Å²) >= 11 is 0. The Morgan fingerprint density at radius 1 is 0.821 bits per heavy atom. The maximum atomic E-state index is 12.6. The van der Waals surface area contributed by atoms with E-state index in [0.717, 1.165) is 36.4 Å². The maximum absolute atomic E-state index is 12.6. The number of rotatable bonds is 5. The van der Waals surface area contributed by atoms with Gasteiger partial charge in [0.15, 0.2) is 0 Å². The fourth-order valence-electron chi connectivity index (χ4n) is 2.34. The van der Waals surface area contributed by atoms with Gasteiger partial charge in [-0.2, -0.15) is 26.3 Å². The monoisotopic (exact) mass is 404 g/mol. The van der Waals surface area contributed by atoms with Gasteiger partial charge >= 0.3 is 12.4 Å². The van der Waals surface area contributed by atoms with Crippen LogP contribution in [0.4, 0.5) is 26.3 Å². The van der Waals surface area contributed by atoms with Crippen molar-refractivity contribution >= 4 is 11.8 Å². The molecule has 0 heterocycles. The molecule has 2 aromatic rings. The van der Waals surface area contributed by atoms with E-state index in [1.807, 2.05) is 0 Å². The summed E-state index contributed by atoms with van der Waals surface area (Å²) in [6.45, 7) is 0. The first-order valence-corrected chi connectivity index (χ1v) is 7.81. The first-order chi connectivity index (χ1) is 12.9. The molecule has 0 aliphatic rings. The van der Waals surface area contributed by atoms with Gasteiger partial charge in [0.05, 0.1) is 11.1 Å². The van der Waals surface area contributed by atoms with E-state index in [1.165, 1.54) is 0 Å². The summed E-state index contributed by atoms with van der Waals surface area (Å²) in [5.74, 6) is -1.79. The third kappa shape index (κ3) is 5.48. The van der Waals surface area contributed by atoms with Crippen LogP contribution in [0.25, 0.3) is 0 Å². The number of carbonyl (C=O) groups is 2. The lowest BCUT2D eigenvalue weighted by atomic mass is 10.0. The van der Waals surface area contributed by atoms with Crippen LogP contribution >= 0.6 is 0 Å². The Bertz CT molecular complexity index is 842. The molecule has 0 saturated heterocycles. The highest BCUT2D eigenvalue weighted by Crippen LogP contribution is 2.30. The highest BCUT2D eigenvalue weighted by molar-refractivity contribution is 5.97. The van der Waals surface area contributed by atoms with Crippen LogP contribution in [0.15, 0.2) is 48.5 Å². The maximum Gasteiger partial charge on any atom is 0.416 e. The second-order valence-electron chi connectivity index (χ2n) is 5.90. The number of benzene rings is 2. The highest BCUT2D eigenvalue weighted by Gasteiger charge is 2.31. The lowest BCUT2D eigenvalue weighted by Gasteiger charge is -2.16. The second-order valence-corrected chi connectivity index (χ2v) is 5.90. The smallest absolute Gasteiger partial charge is 0.368 e. The van der Waals surface area contributed by atoms with Crippen LogP contribution in [0.5, 0.6) is 0 Å². The fourth-order valence-corrected chi connectivity index (χ4v) is 2.34. The van der Waals surface area contributed by atoms with E-state index >= 15 is 0 Å². The van der Waals surface area contributed by atoms with Crippen molar-refractivity contribution in [3.8, 4) is 0 Å². The predicted octanol–water partition coefficient (Wildman–Crippen LogP) is 3.55. The van der Waals surface area contributed by atoms with Crippen LogP contribution in [0, 0.1) is 0 Å². The first-order valence-electron chi connectivity index (χ1n) is 7.81. The topological polar surface area (TPSA) is 72.2 Å². The molecule has 0 radical (unpaired) electrons. The van der Waals surface area contributed by atoms with Crippen molar-refractivity contribution < 1.29 is 35.9 Å². The molecule has 28 heavy (non-hydrogen) atoms. The van der Waals surface area contributed by atoms with Gasteiger partial charge in [0.25, 0.3) is 5.91 Å². The number of halogens is 6. The molecule has 10 heteroatoms. The Balaban J connectivity index is 2.10. The van der Waals surface area contributed by atoms with Crippen molar-refractivity contribution in [3.05, 3.63) is 70.8 Å². The molecule has 1 atom stereocenters. The van der Waals surface area contributed by atoms with Gasteiger partial charge in [0.2, 0.25) is 5.91 Å². The molecule has 2 rings (SSSR count). The molecule has 3 N–H and O–H groups in total. The van der Waals surface area contributed by atoms with E-state index in [4.69, 9.17) is 5.73 Å². The number of hydrogen-bond acceptors (Lipinski definition) is 2. The minimum Gasteiger partial charge on any atom is -0.368 e. The van der Waals surface area contributed by atoms with Gasteiger partial charge in [-0.1, -0.05) is 12.1 Å². The molecule has 0 saturated carbocycles. The van der Waals surface area contributed by atoms with E-state index in [9.17, 15) is 35.9 Å². The molecule has 0 spiro atoms. The van der Waals surface area contributed by atoms with Gasteiger partial charge in [-0.3, -0.25) is 9.59 Å². The van der Waals surface area contributed by atoms with Gasteiger partial charge in [0, 0.05) is 12.0 Å². The van der Waals surface area contributed by atoms with Gasteiger partial charge in [-0.25, -0.2) is 0 Å². The molecule has 0 fully saturated rings. The molecule has 4 nitrogen and oxygen atoms in total. The second kappa shape index (κ2) is 7.91. The number of nitrogens with two attached hydrogens (primary N) is 1. The molecule has 0 bridgehead atoms. The Labute approximate surface area is 155 Å². The summed E-state index contributed by atoms with van der Waals surface area (Å²) in [5.41, 5.74) is 3.57. The number of alkyl halides is 6. The fraction of sp³-hybridized carbons (Fsp3) is 0.222. The van der Waals surface area contributed by atoms with Crippen LogP contribution in [-0.4, -0.2) is 17.9 Å². The lowest BCUT2D eigenvalue weighted by molar-refractivity contribution is -0.138. The first kappa shape index (κ1) is 21.3. The number of primary amides is 1. The molecule has 2 aromatic carbocycles. The highest BCUT2D eigenvalue weighted by atomic mass is 19.4. The number of hydrogen-bond donors (Lipinski definition) is 2. The Kier molecular flexibility index (Phi) is 6.01. The normalized spacial score (nSPS) is 13.1. The molecular weight excluding hydrogens is 390 g/mol. The lowest BCUT2D eigenvalue weighted by Crippen LogP contribution is -2.45. The average Bonchev–Trinajstić information content (AvgIpc) is 2.60. The van der Waals surface area contributed by atoms with Crippen molar-refractivity contribution in [2.75, 3.05) is 0 Å². The zero-order valence-corrected chi connectivity index (χ0v) is 14.1. The Hall–Kier alpha value is -3.04. The van der Waals surface area contributed by atoms with Gasteiger partial charge < -0.3 is 11.1 Å². The standard InChI is InChI=1S/C18H14F6N2O2/c19-17(20,21)12-5-1-10(2-6-12)9-14(15(25)27)26-16(28)11-3-7-13(8-4-11)18(22,23)24/h1-8,14H,9H2,(H2,25,27)(H,26,28)/t14-/m0/s1. The SMILES string of the molecule is NC(=O)[C@H](Cc1ccc(C(F)(F)F)cc1)NC(=O)c1ccc(C(F)(F)F)cc1. The van der Waals surface area contributed by atoms with E-state index in [1.54, 1.807) is 0 Å². The largest absolute Gasteiger partial charge is 0.416 e. The summed E-state index contributed by atoms with van der Waals surface area (Å²) in [5, 5.41) is 2.27. The summed E-state index contributed by atoms with van der Waals surface area (Å²) in [6, 6.07) is 5.98. The number of amides is 2. The molecule has 2 amide bonds. The van der Waals surface area contributed by atoms with E-state index < -0.39 is 41.3 Å². The van der Waals surface area contributed by atoms with Crippen LogP contribution < -0.4 is 11.1 Å². The van der Waals surface area contributed by atoms with Crippen molar-refractivity contribution in [3.63, 3.8) is 0 Å². The molecule has 0 unspecified atom stereocenters. The number of carbonyl (C=O) groups excluding carboxylic acids is 2. The molecule has 0 aliphatic carbocycles.